The Balaban J connectivity index is 0. The van der Waals surface area contributed by atoms with Crippen molar-refractivity contribution in [2.75, 3.05) is 6.54 Å². The van der Waals surface area contributed by atoms with Crippen LogP contribution in [0.4, 0.5) is 0 Å². The monoisotopic (exact) mass is 283 g/mol. The van der Waals surface area contributed by atoms with Crippen LogP contribution in [0.1, 0.15) is 71.1 Å². The molecule has 0 fully saturated rings. The van der Waals surface area contributed by atoms with Gasteiger partial charge in [0.25, 0.3) is 0 Å². The Hall–Kier alpha value is 0.130. The minimum atomic E-state index is -2.58. The molecule has 4 nitrogen and oxygen atoms in total. The summed E-state index contributed by atoms with van der Waals surface area (Å²) in [5, 5.41) is 27.0. The van der Waals surface area contributed by atoms with Gasteiger partial charge in [-0.25, -0.2) is 0 Å². The Kier molecular flexibility index (Phi) is 15.4. The van der Waals surface area contributed by atoms with Crippen LogP contribution in [-0.2, 0) is 0 Å². The van der Waals surface area contributed by atoms with E-state index in [-0.39, 0.29) is 12.4 Å². The van der Waals surface area contributed by atoms with E-state index < -0.39 is 6.10 Å². The van der Waals surface area contributed by atoms with Crippen LogP contribution in [0.5, 0.6) is 0 Å². The molecule has 0 rings (SSSR count). The summed E-state index contributed by atoms with van der Waals surface area (Å²) in [4.78, 5) is 0. The summed E-state index contributed by atoms with van der Waals surface area (Å²) in [5.74, 6) is 0. The zero-order valence-electron chi connectivity index (χ0n) is 11.6. The maximum atomic E-state index is 8.62. The number of quaternary nitrogens is 1. The molecule has 0 unspecified atom stereocenters. The third-order valence-corrected chi connectivity index (χ3v) is 2.98. The van der Waals surface area contributed by atoms with E-state index in [2.05, 4.69) is 6.92 Å². The molecular formula is C13H30ClNO3. The van der Waals surface area contributed by atoms with Gasteiger partial charge in [0.1, 0.15) is 0 Å². The number of hydrogen-bond acceptors (Lipinski definition) is 3. The number of halogens is 1. The highest BCUT2D eigenvalue weighted by Crippen LogP contribution is 2.09. The van der Waals surface area contributed by atoms with Crippen molar-refractivity contribution >= 4 is 0 Å². The van der Waals surface area contributed by atoms with Gasteiger partial charge in [0.15, 0.2) is 0 Å². The molecule has 0 amide bonds. The van der Waals surface area contributed by atoms with Crippen LogP contribution in [0.2, 0.25) is 0 Å². The van der Waals surface area contributed by atoms with E-state index in [4.69, 9.17) is 15.3 Å². The van der Waals surface area contributed by atoms with Gasteiger partial charge in [-0.1, -0.05) is 58.3 Å². The van der Waals surface area contributed by atoms with Crippen molar-refractivity contribution in [3.05, 3.63) is 0 Å². The first-order valence-corrected chi connectivity index (χ1v) is 7.07. The number of nitrogens with two attached hydrogens (primary N) is 1. The first-order valence-electron chi connectivity index (χ1n) is 7.07. The fraction of sp³-hybridized carbons (Fsp3) is 1.00. The summed E-state index contributed by atoms with van der Waals surface area (Å²) in [5.41, 5.74) is 0. The molecule has 0 aromatic rings. The third-order valence-electron chi connectivity index (χ3n) is 2.98. The lowest BCUT2D eigenvalue weighted by Crippen LogP contribution is -3.00. The lowest BCUT2D eigenvalue weighted by molar-refractivity contribution is -0.857. The van der Waals surface area contributed by atoms with E-state index >= 15 is 0 Å². The van der Waals surface area contributed by atoms with Gasteiger partial charge < -0.3 is 12.4 Å². The lowest BCUT2D eigenvalue weighted by Gasteiger charge is -2.10. The molecule has 0 bridgehead atoms. The summed E-state index contributed by atoms with van der Waals surface area (Å²) >= 11 is 0. The number of rotatable bonds is 12. The summed E-state index contributed by atoms with van der Waals surface area (Å²) < 4.78 is 0. The second kappa shape index (κ2) is 13.6. The second-order valence-corrected chi connectivity index (χ2v) is 4.86. The van der Waals surface area contributed by atoms with E-state index in [1.165, 1.54) is 51.4 Å². The molecule has 0 aliphatic heterocycles. The molecule has 0 spiro atoms. The number of aliphatic hydroxyl groups is 3. The molecule has 112 valence electrons. The van der Waals surface area contributed by atoms with Gasteiger partial charge in [-0.3, -0.25) is 20.6 Å². The van der Waals surface area contributed by atoms with Gasteiger partial charge in [0, 0.05) is 0 Å². The van der Waals surface area contributed by atoms with Crippen LogP contribution < -0.4 is 17.7 Å². The standard InChI is InChI=1S/C13H29NO3.ClH/c1-2-3-4-5-6-7-8-9-10-11-12-14-13(15,16)17;/h14-17H,2-12H2,1H3;1H. The molecule has 0 atom stereocenters. The molecule has 5 N–H and O–H groups in total. The fourth-order valence-corrected chi connectivity index (χ4v) is 1.93. The normalized spacial score (nSPS) is 11.3. The van der Waals surface area contributed by atoms with E-state index in [0.717, 1.165) is 18.2 Å². The van der Waals surface area contributed by atoms with Gasteiger partial charge >= 0.3 is 6.10 Å². The smallest absolute Gasteiger partial charge is 0.438 e. The van der Waals surface area contributed by atoms with Crippen LogP contribution in [0, 0.1) is 0 Å². The van der Waals surface area contributed by atoms with Gasteiger partial charge in [0.2, 0.25) is 0 Å². The average molecular weight is 284 g/mol. The number of unbranched alkanes of at least 4 members (excludes halogenated alkanes) is 9. The molecule has 0 radical (unpaired) electrons. The molecule has 0 saturated heterocycles. The molecule has 18 heavy (non-hydrogen) atoms. The van der Waals surface area contributed by atoms with Crippen LogP contribution >= 0.6 is 0 Å². The molecule has 0 aliphatic carbocycles. The summed E-state index contributed by atoms with van der Waals surface area (Å²) in [6.07, 6.45) is 9.97. The van der Waals surface area contributed by atoms with Gasteiger partial charge in [0.05, 0.1) is 6.54 Å². The molecule has 0 aliphatic rings. The minimum Gasteiger partial charge on any atom is -1.00 e. The fourth-order valence-electron chi connectivity index (χ4n) is 1.93. The Bertz CT molecular complexity index is 163. The zero-order chi connectivity index (χ0) is 13.0. The quantitative estimate of drug-likeness (QED) is 0.249. The molecular weight excluding hydrogens is 254 g/mol. The summed E-state index contributed by atoms with van der Waals surface area (Å²) in [7, 11) is 0. The van der Waals surface area contributed by atoms with Gasteiger partial charge in [-0.15, -0.1) is 0 Å². The first kappa shape index (κ1) is 20.4. The average Bonchev–Trinajstić information content (AvgIpc) is 2.24. The zero-order valence-corrected chi connectivity index (χ0v) is 12.3. The Labute approximate surface area is 117 Å². The SMILES string of the molecule is CCCCCCCCCCCC[NH2+]C(O)(O)O.[Cl-]. The van der Waals surface area contributed by atoms with Crippen LogP contribution in [0.3, 0.4) is 0 Å². The first-order chi connectivity index (χ1) is 8.06. The molecule has 0 aromatic carbocycles. The largest absolute Gasteiger partial charge is 1.00 e. The maximum Gasteiger partial charge on any atom is 0.438 e. The lowest BCUT2D eigenvalue weighted by atomic mass is 10.1. The number of hydrogen-bond donors (Lipinski definition) is 4. The highest BCUT2D eigenvalue weighted by molar-refractivity contribution is 4.46. The van der Waals surface area contributed by atoms with E-state index in [1.54, 1.807) is 0 Å². The Morgan fingerprint density at radius 1 is 0.722 bits per heavy atom. The van der Waals surface area contributed by atoms with Crippen molar-refractivity contribution in [1.29, 1.82) is 0 Å². The van der Waals surface area contributed by atoms with E-state index in [0.29, 0.717) is 6.54 Å². The topological polar surface area (TPSA) is 77.3 Å². The third kappa shape index (κ3) is 18.5. The van der Waals surface area contributed by atoms with E-state index in [1.807, 2.05) is 0 Å². The highest BCUT2D eigenvalue weighted by Gasteiger charge is 2.20. The van der Waals surface area contributed by atoms with Gasteiger partial charge in [-0.2, -0.15) is 0 Å². The van der Waals surface area contributed by atoms with Crippen molar-refractivity contribution in [3.63, 3.8) is 0 Å². The van der Waals surface area contributed by atoms with Crippen LogP contribution in [0.25, 0.3) is 0 Å². The second-order valence-electron chi connectivity index (χ2n) is 4.86. The molecule has 0 heterocycles. The molecule has 0 aromatic heterocycles. The molecule has 5 heteroatoms. The minimum absolute atomic E-state index is 0. The van der Waals surface area contributed by atoms with Crippen LogP contribution in [-0.4, -0.2) is 28.0 Å². The Morgan fingerprint density at radius 2 is 1.11 bits per heavy atom. The summed E-state index contributed by atoms with van der Waals surface area (Å²) in [6.45, 7) is 2.79. The summed E-state index contributed by atoms with van der Waals surface area (Å²) in [6, 6.07) is 0. The van der Waals surface area contributed by atoms with Crippen molar-refractivity contribution in [1.82, 2.24) is 0 Å². The predicted octanol–water partition coefficient (Wildman–Crippen LogP) is -1.94. The highest BCUT2D eigenvalue weighted by atomic mass is 35.5. The molecule has 0 saturated carbocycles. The van der Waals surface area contributed by atoms with Crippen LogP contribution in [0.15, 0.2) is 0 Å². The van der Waals surface area contributed by atoms with Crippen molar-refractivity contribution in [2.24, 2.45) is 0 Å². The predicted molar refractivity (Wildman–Crippen MR) is 68.0 cm³/mol. The van der Waals surface area contributed by atoms with Crippen molar-refractivity contribution in [3.8, 4) is 0 Å². The van der Waals surface area contributed by atoms with Crippen molar-refractivity contribution in [2.45, 2.75) is 77.2 Å². The van der Waals surface area contributed by atoms with Crippen molar-refractivity contribution < 1.29 is 33.0 Å². The van der Waals surface area contributed by atoms with E-state index in [9.17, 15) is 0 Å². The maximum absolute atomic E-state index is 8.62. The van der Waals surface area contributed by atoms with Gasteiger partial charge in [-0.05, 0) is 12.8 Å². The Morgan fingerprint density at radius 3 is 1.50 bits per heavy atom.